The molecule has 21 nitrogen and oxygen atoms in total. The van der Waals surface area contributed by atoms with E-state index in [4.69, 9.17) is 60.7 Å². The van der Waals surface area contributed by atoms with E-state index in [0.717, 1.165) is 57.2 Å². The van der Waals surface area contributed by atoms with Gasteiger partial charge in [-0.15, -0.1) is 0 Å². The number of carbonyl (C=O) groups is 3. The van der Waals surface area contributed by atoms with Crippen LogP contribution in [-0.4, -0.2) is 139 Å². The van der Waals surface area contributed by atoms with Crippen LogP contribution >= 0.6 is 11.6 Å². The predicted molar refractivity (Wildman–Crippen MR) is 311 cm³/mol. The first kappa shape index (κ1) is 58.6. The minimum atomic E-state index is -1.92. The molecular weight excluding hydrogens is 1090 g/mol. The molecule has 3 aliphatic rings. The van der Waals surface area contributed by atoms with Crippen LogP contribution in [0, 0.1) is 12.7 Å². The molecule has 7 aromatic rings. The number of aromatic nitrogens is 5. The summed E-state index contributed by atoms with van der Waals surface area (Å²) in [7, 11) is 0. The number of anilines is 2. The number of aromatic amines is 1. The third kappa shape index (κ3) is 13.1. The van der Waals surface area contributed by atoms with Crippen molar-refractivity contribution in [2.24, 2.45) is 5.73 Å². The maximum absolute atomic E-state index is 14.9. The first-order valence-electron chi connectivity index (χ1n) is 28.1. The second kappa shape index (κ2) is 26.3. The third-order valence-corrected chi connectivity index (χ3v) is 15.4. The van der Waals surface area contributed by atoms with Crippen molar-refractivity contribution in [1.82, 2.24) is 35.1 Å². The number of halogens is 2. The summed E-state index contributed by atoms with van der Waals surface area (Å²) in [6.45, 7) is 10.3. The van der Waals surface area contributed by atoms with E-state index in [9.17, 15) is 28.7 Å². The second-order valence-electron chi connectivity index (χ2n) is 20.7. The standard InChI is InChI=1S/C60H68ClFN10O11/c1-4-41-42-30-40(7-9-47(42)68-53-44(41)33-72-50(53)31-46-45(57(72)74)34-82-58(75)60(46,77)5-2)83-59(76)66-15-19-79-21-23-81-25-24-80-22-20-78-18-12-51(73)64-13-14-65-55-52(56-69-48-8-6-37(61)29-49(48)70-56)54(71-16-10-39(63)11-17-71)43(32-67-55)36-26-35(3)27-38(62)28-36/h6-9,26-32,39,77H,4-5,10-25,33-34,63H2,1-3H3,(H,64,73)(H,65,67)(H,66,76)(H,69,70)/t60-/m0/s1. The number of amides is 2. The summed E-state index contributed by atoms with van der Waals surface area (Å²) in [5.41, 5.74) is 13.5. The van der Waals surface area contributed by atoms with Crippen molar-refractivity contribution in [1.29, 1.82) is 0 Å². The Morgan fingerprint density at radius 2 is 1.61 bits per heavy atom. The average molecular weight is 1160 g/mol. The molecule has 0 radical (unpaired) electrons. The summed E-state index contributed by atoms with van der Waals surface area (Å²) >= 11 is 6.36. The fourth-order valence-electron chi connectivity index (χ4n) is 10.9. The maximum atomic E-state index is 14.9. The summed E-state index contributed by atoms with van der Waals surface area (Å²) in [5.74, 6) is 0.156. The van der Waals surface area contributed by atoms with Gasteiger partial charge >= 0.3 is 12.1 Å². The van der Waals surface area contributed by atoms with Crippen LogP contribution in [0.3, 0.4) is 0 Å². The van der Waals surface area contributed by atoms with Gasteiger partial charge in [0.1, 0.15) is 29.8 Å². The first-order chi connectivity index (χ1) is 40.2. The highest BCUT2D eigenvalue weighted by Gasteiger charge is 2.45. The van der Waals surface area contributed by atoms with Crippen molar-refractivity contribution in [3.8, 4) is 39.7 Å². The smallest absolute Gasteiger partial charge is 0.412 e. The summed E-state index contributed by atoms with van der Waals surface area (Å²) in [6.07, 6.45) is 3.51. The Hall–Kier alpha value is -7.57. The summed E-state index contributed by atoms with van der Waals surface area (Å²) < 4.78 is 49.7. The number of cyclic esters (lactones) is 1. The van der Waals surface area contributed by atoms with Gasteiger partial charge in [-0.2, -0.15) is 0 Å². The topological polar surface area (TPSA) is 269 Å². The highest BCUT2D eigenvalue weighted by atomic mass is 35.5. The molecule has 0 aliphatic carbocycles. The zero-order chi connectivity index (χ0) is 58.2. The fraction of sp³-hybridized carbons (Fsp3) is 0.417. The molecule has 2 amide bonds. The number of nitrogens with zero attached hydrogens (tertiary/aromatic N) is 5. The number of pyridine rings is 3. The van der Waals surface area contributed by atoms with E-state index in [0.29, 0.717) is 123 Å². The van der Waals surface area contributed by atoms with Crippen molar-refractivity contribution >= 4 is 63.0 Å². The van der Waals surface area contributed by atoms with Crippen molar-refractivity contribution < 1.29 is 52.3 Å². The summed E-state index contributed by atoms with van der Waals surface area (Å²) in [6, 6.07) is 17.4. The van der Waals surface area contributed by atoms with Gasteiger partial charge < -0.3 is 69.7 Å². The van der Waals surface area contributed by atoms with Crippen LogP contribution in [0.25, 0.3) is 55.8 Å². The maximum Gasteiger partial charge on any atom is 0.412 e. The van der Waals surface area contributed by atoms with Gasteiger partial charge in [0.2, 0.25) is 5.91 Å². The Morgan fingerprint density at radius 1 is 0.880 bits per heavy atom. The van der Waals surface area contributed by atoms with Crippen LogP contribution in [0.1, 0.15) is 67.3 Å². The van der Waals surface area contributed by atoms with E-state index in [-0.39, 0.29) is 80.2 Å². The largest absolute Gasteiger partial charge is 0.458 e. The first-order valence-corrected chi connectivity index (χ1v) is 28.5. The number of hydrogen-bond acceptors (Lipinski definition) is 17. The quantitative estimate of drug-likeness (QED) is 0.0247. The Labute approximate surface area is 483 Å². The van der Waals surface area contributed by atoms with E-state index in [1.807, 2.05) is 32.0 Å². The number of rotatable bonds is 25. The minimum Gasteiger partial charge on any atom is -0.458 e. The van der Waals surface area contributed by atoms with Crippen LogP contribution in [0.4, 0.5) is 20.7 Å². The summed E-state index contributed by atoms with van der Waals surface area (Å²) in [5, 5.41) is 21.6. The highest BCUT2D eigenvalue weighted by molar-refractivity contribution is 6.31. The van der Waals surface area contributed by atoms with Crippen LogP contribution in [0.2, 0.25) is 5.02 Å². The van der Waals surface area contributed by atoms with Crippen LogP contribution in [0.5, 0.6) is 5.75 Å². The molecule has 83 heavy (non-hydrogen) atoms. The Balaban J connectivity index is 0.601. The number of aliphatic hydroxyl groups is 1. The molecule has 1 atom stereocenters. The number of ether oxygens (including phenoxy) is 6. The van der Waals surface area contributed by atoms with Gasteiger partial charge in [0.05, 0.1) is 104 Å². The second-order valence-corrected chi connectivity index (χ2v) is 21.1. The number of hydrogen-bond donors (Lipinski definition) is 6. The molecule has 3 aliphatic heterocycles. The Morgan fingerprint density at radius 3 is 2.35 bits per heavy atom. The molecule has 7 heterocycles. The lowest BCUT2D eigenvalue weighted by molar-refractivity contribution is -0.172. The number of esters is 1. The average Bonchev–Trinajstić information content (AvgIpc) is 2.29. The number of H-pyrrole nitrogens is 1. The molecule has 0 spiro atoms. The van der Waals surface area contributed by atoms with Gasteiger partial charge in [-0.05, 0) is 104 Å². The molecule has 10 rings (SSSR count). The third-order valence-electron chi connectivity index (χ3n) is 15.1. The number of nitrogens with one attached hydrogen (secondary N) is 4. The zero-order valence-electron chi connectivity index (χ0n) is 46.7. The van der Waals surface area contributed by atoms with Crippen LogP contribution in [0.15, 0.2) is 71.7 Å². The summed E-state index contributed by atoms with van der Waals surface area (Å²) in [4.78, 5) is 72.2. The van der Waals surface area contributed by atoms with E-state index >= 15 is 0 Å². The molecule has 1 fully saturated rings. The zero-order valence-corrected chi connectivity index (χ0v) is 47.4. The van der Waals surface area contributed by atoms with Crippen LogP contribution < -0.4 is 36.9 Å². The van der Waals surface area contributed by atoms with Gasteiger partial charge in [0, 0.05) is 78.5 Å². The lowest BCUT2D eigenvalue weighted by atomic mass is 9.86. The fourth-order valence-corrected chi connectivity index (χ4v) is 11.1. The molecule has 438 valence electrons. The number of fused-ring (bicyclic) bond motifs is 6. The van der Waals surface area contributed by atoms with Crippen molar-refractivity contribution in [2.45, 2.75) is 77.7 Å². The lowest BCUT2D eigenvalue weighted by Crippen LogP contribution is -2.44. The number of imidazole rings is 1. The molecule has 0 bridgehead atoms. The predicted octanol–water partition coefficient (Wildman–Crippen LogP) is 7.05. The number of carbonyl (C=O) groups excluding carboxylic acids is 3. The highest BCUT2D eigenvalue weighted by Crippen LogP contribution is 2.45. The molecule has 3 aromatic carbocycles. The van der Waals surface area contributed by atoms with Gasteiger partial charge in [0.25, 0.3) is 5.56 Å². The lowest BCUT2D eigenvalue weighted by Gasteiger charge is -2.35. The van der Waals surface area contributed by atoms with Crippen molar-refractivity contribution in [3.05, 3.63) is 116 Å². The molecular formula is C60H68ClFN10O11. The minimum absolute atomic E-state index is 0.0524. The Kier molecular flexibility index (Phi) is 18.6. The number of piperidine rings is 1. The molecule has 7 N–H and O–H groups in total. The van der Waals surface area contributed by atoms with Crippen molar-refractivity contribution in [2.75, 3.05) is 95.8 Å². The SMILES string of the molecule is CCc1c2c(nc3ccc(OC(=O)NCCOCCOCCOCCOCCC(=O)NCCNc4ncc(-c5cc(C)cc(F)c5)c(N5CCC(N)CC5)c4-c4nc5ccc(Cl)cc5[nH]4)cc13)-c1cc3c(c(=O)n1C2)COC(=O)[C@]3(O)CC. The monoisotopic (exact) mass is 1160 g/mol. The molecule has 23 heteroatoms. The van der Waals surface area contributed by atoms with Gasteiger partial charge in [-0.3, -0.25) is 9.59 Å². The molecule has 4 aromatic heterocycles. The van der Waals surface area contributed by atoms with Gasteiger partial charge in [-0.1, -0.05) is 31.5 Å². The van der Waals surface area contributed by atoms with Gasteiger partial charge in [-0.25, -0.2) is 28.9 Å². The van der Waals surface area contributed by atoms with E-state index in [1.165, 1.54) is 12.1 Å². The number of nitrogens with two attached hydrogens (primary N) is 1. The Bertz CT molecular complexity index is 3590. The van der Waals surface area contributed by atoms with E-state index in [1.54, 1.807) is 48.0 Å². The molecule has 0 unspecified atom stereocenters. The normalized spacial score (nSPS) is 15.7. The van der Waals surface area contributed by atoms with Crippen molar-refractivity contribution in [3.63, 3.8) is 0 Å². The number of aryl methyl sites for hydroxylation is 2. The van der Waals surface area contributed by atoms with E-state index < -0.39 is 17.7 Å². The molecule has 0 saturated carbocycles. The number of benzene rings is 3. The van der Waals surface area contributed by atoms with Crippen LogP contribution in [-0.2, 0) is 58.4 Å². The van der Waals surface area contributed by atoms with E-state index in [2.05, 4.69) is 25.8 Å². The van der Waals surface area contributed by atoms with Gasteiger partial charge in [0.15, 0.2) is 5.60 Å². The molecule has 1 saturated heterocycles.